The number of anilines is 3. The largest absolute Gasteiger partial charge is 0.465 e. The molecule has 8 heteroatoms. The molecule has 2 aromatic carbocycles. The molecule has 3 rings (SSSR count). The molecule has 0 saturated heterocycles. The number of amides is 1. The zero-order valence-corrected chi connectivity index (χ0v) is 14.7. The van der Waals surface area contributed by atoms with Crippen LogP contribution in [0.3, 0.4) is 0 Å². The Morgan fingerprint density at radius 1 is 0.929 bits per heavy atom. The molecular formula is C20H15F2N3O3. The first kappa shape index (κ1) is 19.0. The molecule has 1 amide bonds. The standard InChI is InChI=1S/C20H15F2N3O3/c1-28-20(27)12-5-8-14(9-6-12)24-17-10-7-13(11-23-17)19(26)25-18-15(21)3-2-4-16(18)22/h2-11H,1H3,(H,23,24)(H,25,26). The van der Waals surface area contributed by atoms with Crippen LogP contribution in [0.2, 0.25) is 0 Å². The number of hydrogen-bond donors (Lipinski definition) is 2. The molecular weight excluding hydrogens is 368 g/mol. The van der Waals surface area contributed by atoms with Crippen LogP contribution in [0, 0.1) is 11.6 Å². The molecule has 28 heavy (non-hydrogen) atoms. The first-order valence-electron chi connectivity index (χ1n) is 8.15. The predicted molar refractivity (Wildman–Crippen MR) is 99.6 cm³/mol. The van der Waals surface area contributed by atoms with Crippen molar-refractivity contribution in [2.45, 2.75) is 0 Å². The summed E-state index contributed by atoms with van der Waals surface area (Å²) in [5.74, 6) is -2.42. The highest BCUT2D eigenvalue weighted by Crippen LogP contribution is 2.20. The van der Waals surface area contributed by atoms with E-state index in [1.807, 2.05) is 0 Å². The van der Waals surface area contributed by atoms with Crippen molar-refractivity contribution in [1.29, 1.82) is 0 Å². The van der Waals surface area contributed by atoms with Crippen molar-refractivity contribution in [3.05, 3.63) is 83.6 Å². The molecule has 0 spiro atoms. The fourth-order valence-corrected chi connectivity index (χ4v) is 2.36. The second-order valence-corrected chi connectivity index (χ2v) is 5.68. The van der Waals surface area contributed by atoms with E-state index in [1.54, 1.807) is 30.3 Å². The van der Waals surface area contributed by atoms with Gasteiger partial charge in [0, 0.05) is 11.9 Å². The summed E-state index contributed by atoms with van der Waals surface area (Å²) >= 11 is 0. The van der Waals surface area contributed by atoms with Gasteiger partial charge in [-0.25, -0.2) is 18.6 Å². The van der Waals surface area contributed by atoms with Gasteiger partial charge in [-0.15, -0.1) is 0 Å². The van der Waals surface area contributed by atoms with E-state index in [0.29, 0.717) is 17.1 Å². The molecule has 142 valence electrons. The van der Waals surface area contributed by atoms with Crippen LogP contribution in [0.25, 0.3) is 0 Å². The number of pyridine rings is 1. The predicted octanol–water partition coefficient (Wildman–Crippen LogP) is 4.14. The van der Waals surface area contributed by atoms with Gasteiger partial charge in [0.1, 0.15) is 23.1 Å². The van der Waals surface area contributed by atoms with E-state index in [4.69, 9.17) is 0 Å². The van der Waals surface area contributed by atoms with Gasteiger partial charge in [0.15, 0.2) is 0 Å². The van der Waals surface area contributed by atoms with Crippen LogP contribution in [-0.2, 0) is 4.74 Å². The van der Waals surface area contributed by atoms with E-state index in [-0.39, 0.29) is 5.56 Å². The number of ether oxygens (including phenoxy) is 1. The van der Waals surface area contributed by atoms with Crippen LogP contribution >= 0.6 is 0 Å². The maximum absolute atomic E-state index is 13.6. The van der Waals surface area contributed by atoms with Gasteiger partial charge in [-0.2, -0.15) is 0 Å². The fourth-order valence-electron chi connectivity index (χ4n) is 2.36. The van der Waals surface area contributed by atoms with Gasteiger partial charge < -0.3 is 15.4 Å². The quantitative estimate of drug-likeness (QED) is 0.647. The smallest absolute Gasteiger partial charge is 0.337 e. The van der Waals surface area contributed by atoms with Gasteiger partial charge in [0.2, 0.25) is 0 Å². The van der Waals surface area contributed by atoms with Crippen LogP contribution in [0.15, 0.2) is 60.8 Å². The molecule has 0 unspecified atom stereocenters. The van der Waals surface area contributed by atoms with Crippen molar-refractivity contribution in [3.8, 4) is 0 Å². The van der Waals surface area contributed by atoms with Crippen molar-refractivity contribution in [1.82, 2.24) is 4.98 Å². The number of methoxy groups -OCH3 is 1. The van der Waals surface area contributed by atoms with Crippen molar-refractivity contribution in [2.75, 3.05) is 17.7 Å². The number of carbonyl (C=O) groups excluding carboxylic acids is 2. The minimum atomic E-state index is -0.866. The second-order valence-electron chi connectivity index (χ2n) is 5.68. The fraction of sp³-hybridized carbons (Fsp3) is 0.0500. The molecule has 1 aromatic heterocycles. The van der Waals surface area contributed by atoms with Gasteiger partial charge in [-0.3, -0.25) is 4.79 Å². The Hall–Kier alpha value is -3.81. The molecule has 0 fully saturated rings. The number of para-hydroxylation sites is 1. The zero-order chi connectivity index (χ0) is 20.1. The van der Waals surface area contributed by atoms with E-state index in [2.05, 4.69) is 20.4 Å². The third-order valence-corrected chi connectivity index (χ3v) is 3.81. The molecule has 0 aliphatic rings. The highest BCUT2D eigenvalue weighted by molar-refractivity contribution is 6.04. The summed E-state index contributed by atoms with van der Waals surface area (Å²) in [5, 5.41) is 5.20. The number of esters is 1. The van der Waals surface area contributed by atoms with Gasteiger partial charge in [-0.05, 0) is 48.5 Å². The van der Waals surface area contributed by atoms with Crippen LogP contribution in [0.5, 0.6) is 0 Å². The number of nitrogens with zero attached hydrogens (tertiary/aromatic N) is 1. The molecule has 0 saturated carbocycles. The summed E-state index contributed by atoms with van der Waals surface area (Å²) in [6.07, 6.45) is 1.28. The van der Waals surface area contributed by atoms with Gasteiger partial charge in [0.05, 0.1) is 18.2 Å². The molecule has 2 N–H and O–H groups in total. The lowest BCUT2D eigenvalue weighted by Crippen LogP contribution is -2.14. The van der Waals surface area contributed by atoms with Gasteiger partial charge in [0.25, 0.3) is 5.91 Å². The van der Waals surface area contributed by atoms with E-state index in [9.17, 15) is 18.4 Å². The number of halogens is 2. The summed E-state index contributed by atoms with van der Waals surface area (Å²) in [5.41, 5.74) is 0.703. The minimum Gasteiger partial charge on any atom is -0.465 e. The molecule has 0 atom stereocenters. The summed E-state index contributed by atoms with van der Waals surface area (Å²) in [6.45, 7) is 0. The average molecular weight is 383 g/mol. The maximum Gasteiger partial charge on any atom is 0.337 e. The van der Waals surface area contributed by atoms with Gasteiger partial charge >= 0.3 is 5.97 Å². The van der Waals surface area contributed by atoms with Crippen LogP contribution in [0.4, 0.5) is 26.0 Å². The Kier molecular flexibility index (Phi) is 5.59. The molecule has 3 aromatic rings. The normalized spacial score (nSPS) is 10.2. The molecule has 0 aliphatic carbocycles. The lowest BCUT2D eigenvalue weighted by atomic mass is 10.2. The molecule has 0 radical (unpaired) electrons. The summed E-state index contributed by atoms with van der Waals surface area (Å²) in [6, 6.07) is 12.9. The summed E-state index contributed by atoms with van der Waals surface area (Å²) in [7, 11) is 1.30. The molecule has 0 bridgehead atoms. The van der Waals surface area contributed by atoms with Crippen molar-refractivity contribution in [3.63, 3.8) is 0 Å². The van der Waals surface area contributed by atoms with Crippen LogP contribution in [-0.4, -0.2) is 24.0 Å². The van der Waals surface area contributed by atoms with E-state index >= 15 is 0 Å². The third-order valence-electron chi connectivity index (χ3n) is 3.81. The Morgan fingerprint density at radius 2 is 1.57 bits per heavy atom. The number of aromatic nitrogens is 1. The maximum atomic E-state index is 13.6. The lowest BCUT2D eigenvalue weighted by molar-refractivity contribution is 0.0600. The van der Waals surface area contributed by atoms with Crippen molar-refractivity contribution >= 4 is 29.1 Å². The highest BCUT2D eigenvalue weighted by atomic mass is 19.1. The third kappa shape index (κ3) is 4.29. The Labute approximate surface area is 159 Å². The first-order valence-corrected chi connectivity index (χ1v) is 8.15. The van der Waals surface area contributed by atoms with Crippen molar-refractivity contribution < 1.29 is 23.1 Å². The molecule has 6 nitrogen and oxygen atoms in total. The van der Waals surface area contributed by atoms with Crippen molar-refractivity contribution in [2.24, 2.45) is 0 Å². The van der Waals surface area contributed by atoms with Gasteiger partial charge in [-0.1, -0.05) is 6.07 Å². The second kappa shape index (κ2) is 8.26. The van der Waals surface area contributed by atoms with E-state index < -0.39 is 29.2 Å². The Bertz CT molecular complexity index is 986. The van der Waals surface area contributed by atoms with E-state index in [1.165, 1.54) is 25.4 Å². The van der Waals surface area contributed by atoms with E-state index in [0.717, 1.165) is 12.1 Å². The number of carbonyl (C=O) groups is 2. The monoisotopic (exact) mass is 383 g/mol. The number of rotatable bonds is 5. The Balaban J connectivity index is 1.68. The highest BCUT2D eigenvalue weighted by Gasteiger charge is 2.13. The molecule has 0 aliphatic heterocycles. The Morgan fingerprint density at radius 3 is 2.14 bits per heavy atom. The lowest BCUT2D eigenvalue weighted by Gasteiger charge is -2.09. The average Bonchev–Trinajstić information content (AvgIpc) is 2.71. The summed E-state index contributed by atoms with van der Waals surface area (Å²) < 4.78 is 31.9. The topological polar surface area (TPSA) is 80.3 Å². The van der Waals surface area contributed by atoms with Crippen LogP contribution in [0.1, 0.15) is 20.7 Å². The number of nitrogens with one attached hydrogen (secondary N) is 2. The first-order chi connectivity index (χ1) is 13.5. The number of benzene rings is 2. The zero-order valence-electron chi connectivity index (χ0n) is 14.7. The van der Waals surface area contributed by atoms with Crippen LogP contribution < -0.4 is 10.6 Å². The summed E-state index contributed by atoms with van der Waals surface area (Å²) in [4.78, 5) is 27.7. The molecule has 1 heterocycles. The minimum absolute atomic E-state index is 0.134. The SMILES string of the molecule is COC(=O)c1ccc(Nc2ccc(C(=O)Nc3c(F)cccc3F)cn2)cc1. The number of hydrogen-bond acceptors (Lipinski definition) is 5.